The zero-order valence-electron chi connectivity index (χ0n) is 13.9. The molecule has 1 N–H and O–H groups in total. The maximum absolute atomic E-state index is 14.7. The van der Waals surface area contributed by atoms with Gasteiger partial charge in [0.25, 0.3) is 0 Å². The van der Waals surface area contributed by atoms with E-state index in [0.29, 0.717) is 5.56 Å². The molecule has 0 aromatic heterocycles. The fourth-order valence-electron chi connectivity index (χ4n) is 3.94. The number of amides is 1. The molecule has 1 unspecified atom stereocenters. The third kappa shape index (κ3) is 3.00. The smallest absolute Gasteiger partial charge is 0.223 e. The van der Waals surface area contributed by atoms with Crippen LogP contribution in [0.4, 0.5) is 8.78 Å². The summed E-state index contributed by atoms with van der Waals surface area (Å²) in [6.45, 7) is 3.69. The highest BCUT2D eigenvalue weighted by molar-refractivity contribution is 5.80. The molecule has 0 radical (unpaired) electrons. The zero-order valence-corrected chi connectivity index (χ0v) is 13.9. The highest BCUT2D eigenvalue weighted by Crippen LogP contribution is 2.48. The van der Waals surface area contributed by atoms with E-state index < -0.39 is 17.7 Å². The number of rotatable bonds is 4. The number of carbonyl (C=O) groups is 1. The quantitative estimate of drug-likeness (QED) is 0.847. The van der Waals surface area contributed by atoms with Crippen LogP contribution >= 0.6 is 0 Å². The average Bonchev–Trinajstić information content (AvgIpc) is 2.88. The molecule has 0 heterocycles. The van der Waals surface area contributed by atoms with Crippen molar-refractivity contribution < 1.29 is 13.6 Å². The second kappa shape index (κ2) is 6.21. The predicted octanol–water partition coefficient (Wildman–Crippen LogP) is 4.81. The van der Waals surface area contributed by atoms with Crippen LogP contribution in [0.2, 0.25) is 0 Å². The third-order valence-corrected chi connectivity index (χ3v) is 5.81. The fourth-order valence-corrected chi connectivity index (χ4v) is 3.94. The van der Waals surface area contributed by atoms with E-state index in [1.165, 1.54) is 12.1 Å². The first-order chi connectivity index (χ1) is 10.9. The Morgan fingerprint density at radius 3 is 2.43 bits per heavy atom. The van der Waals surface area contributed by atoms with Crippen LogP contribution in [0.15, 0.2) is 12.1 Å². The molecule has 0 aliphatic heterocycles. The van der Waals surface area contributed by atoms with Crippen molar-refractivity contribution in [2.45, 2.75) is 64.8 Å². The highest BCUT2D eigenvalue weighted by Gasteiger charge is 2.42. The molecule has 2 saturated carbocycles. The van der Waals surface area contributed by atoms with Gasteiger partial charge in [-0.05, 0) is 49.7 Å². The van der Waals surface area contributed by atoms with Crippen molar-refractivity contribution in [3.05, 3.63) is 34.9 Å². The van der Waals surface area contributed by atoms with Gasteiger partial charge in [-0.1, -0.05) is 32.3 Å². The zero-order chi connectivity index (χ0) is 16.6. The minimum Gasteiger partial charge on any atom is -0.348 e. The Labute approximate surface area is 136 Å². The maximum Gasteiger partial charge on any atom is 0.223 e. The first-order valence-corrected chi connectivity index (χ1v) is 8.67. The Morgan fingerprint density at radius 1 is 1.22 bits per heavy atom. The van der Waals surface area contributed by atoms with Crippen molar-refractivity contribution in [3.63, 3.8) is 0 Å². The van der Waals surface area contributed by atoms with Gasteiger partial charge < -0.3 is 5.32 Å². The van der Waals surface area contributed by atoms with Gasteiger partial charge in [0, 0.05) is 11.5 Å². The lowest BCUT2D eigenvalue weighted by Gasteiger charge is -2.37. The molecule has 0 saturated heterocycles. The minimum absolute atomic E-state index is 0.0124. The summed E-state index contributed by atoms with van der Waals surface area (Å²) in [5, 5.41) is 3.01. The number of hydrogen-bond donors (Lipinski definition) is 1. The van der Waals surface area contributed by atoms with Gasteiger partial charge in [0.2, 0.25) is 5.91 Å². The van der Waals surface area contributed by atoms with Gasteiger partial charge in [0.1, 0.15) is 11.6 Å². The fraction of sp³-hybridized carbons (Fsp3) is 0.632. The lowest BCUT2D eigenvalue weighted by molar-refractivity contribution is -0.129. The molecular weight excluding hydrogens is 296 g/mol. The summed E-state index contributed by atoms with van der Waals surface area (Å²) < 4.78 is 29.2. The van der Waals surface area contributed by atoms with E-state index in [0.717, 1.165) is 44.9 Å². The van der Waals surface area contributed by atoms with E-state index in [4.69, 9.17) is 0 Å². The van der Waals surface area contributed by atoms with E-state index >= 15 is 0 Å². The monoisotopic (exact) mass is 321 g/mol. The molecule has 2 aliphatic rings. The molecule has 1 aromatic rings. The van der Waals surface area contributed by atoms with Gasteiger partial charge in [-0.3, -0.25) is 4.79 Å². The summed E-state index contributed by atoms with van der Waals surface area (Å²) in [6.07, 6.45) is 6.68. The standard InChI is InChI=1S/C19H25F2NO/c1-12-8-9-14(20)15(16(12)21)17(19(2)10-3-4-11-19)22-18(23)13-6-5-7-13/h8-9,13,17H,3-7,10-11H2,1-2H3,(H,22,23). The van der Waals surface area contributed by atoms with E-state index in [9.17, 15) is 13.6 Å². The number of nitrogens with one attached hydrogen (secondary N) is 1. The largest absolute Gasteiger partial charge is 0.348 e. The van der Waals surface area contributed by atoms with Crippen molar-refractivity contribution in [3.8, 4) is 0 Å². The normalized spacial score (nSPS) is 21.7. The molecule has 0 bridgehead atoms. The lowest BCUT2D eigenvalue weighted by Crippen LogP contribution is -2.43. The van der Waals surface area contributed by atoms with Gasteiger partial charge in [-0.15, -0.1) is 0 Å². The summed E-state index contributed by atoms with van der Waals surface area (Å²) in [6, 6.07) is 2.18. The van der Waals surface area contributed by atoms with Crippen LogP contribution in [-0.2, 0) is 4.79 Å². The van der Waals surface area contributed by atoms with E-state index in [-0.39, 0.29) is 22.8 Å². The molecule has 2 fully saturated rings. The van der Waals surface area contributed by atoms with Crippen LogP contribution < -0.4 is 5.32 Å². The van der Waals surface area contributed by atoms with Crippen molar-refractivity contribution in [2.24, 2.45) is 11.3 Å². The summed E-state index contributed by atoms with van der Waals surface area (Å²) in [5.41, 5.74) is 0.183. The molecule has 2 nitrogen and oxygen atoms in total. The van der Waals surface area contributed by atoms with Crippen molar-refractivity contribution in [1.82, 2.24) is 5.32 Å². The van der Waals surface area contributed by atoms with Gasteiger partial charge in [-0.2, -0.15) is 0 Å². The topological polar surface area (TPSA) is 29.1 Å². The summed E-state index contributed by atoms with van der Waals surface area (Å²) in [5.74, 6) is -1.11. The molecule has 1 atom stereocenters. The molecule has 0 spiro atoms. The first kappa shape index (κ1) is 16.4. The van der Waals surface area contributed by atoms with Gasteiger partial charge >= 0.3 is 0 Å². The molecule has 126 valence electrons. The number of benzene rings is 1. The Balaban J connectivity index is 1.98. The summed E-state index contributed by atoms with van der Waals surface area (Å²) in [7, 11) is 0. The van der Waals surface area contributed by atoms with E-state index in [1.807, 2.05) is 6.92 Å². The molecule has 3 rings (SSSR count). The summed E-state index contributed by atoms with van der Waals surface area (Å²) >= 11 is 0. The van der Waals surface area contributed by atoms with Gasteiger partial charge in [0.05, 0.1) is 6.04 Å². The Bertz CT molecular complexity index is 604. The van der Waals surface area contributed by atoms with Crippen LogP contribution in [0.1, 0.15) is 69.0 Å². The lowest BCUT2D eigenvalue weighted by atomic mass is 9.75. The molecule has 4 heteroatoms. The second-order valence-corrected chi connectivity index (χ2v) is 7.52. The Morgan fingerprint density at radius 2 is 1.87 bits per heavy atom. The van der Waals surface area contributed by atoms with Crippen LogP contribution in [0.25, 0.3) is 0 Å². The summed E-state index contributed by atoms with van der Waals surface area (Å²) in [4.78, 5) is 12.5. The Kier molecular flexibility index (Phi) is 4.43. The Hall–Kier alpha value is -1.45. The van der Waals surface area contributed by atoms with Crippen molar-refractivity contribution in [2.75, 3.05) is 0 Å². The molecule has 1 aromatic carbocycles. The second-order valence-electron chi connectivity index (χ2n) is 7.52. The maximum atomic E-state index is 14.7. The number of carbonyl (C=O) groups excluding carboxylic acids is 1. The SMILES string of the molecule is Cc1ccc(F)c(C(NC(=O)C2CCC2)C2(C)CCCC2)c1F. The van der Waals surface area contributed by atoms with E-state index in [1.54, 1.807) is 6.92 Å². The number of hydrogen-bond acceptors (Lipinski definition) is 1. The predicted molar refractivity (Wildman–Crippen MR) is 85.9 cm³/mol. The van der Waals surface area contributed by atoms with Crippen molar-refractivity contribution in [1.29, 1.82) is 0 Å². The van der Waals surface area contributed by atoms with Gasteiger partial charge in [0.15, 0.2) is 0 Å². The third-order valence-electron chi connectivity index (χ3n) is 5.81. The molecular formula is C19H25F2NO. The van der Waals surface area contributed by atoms with Crippen LogP contribution in [0.3, 0.4) is 0 Å². The average molecular weight is 321 g/mol. The highest BCUT2D eigenvalue weighted by atomic mass is 19.1. The van der Waals surface area contributed by atoms with Crippen LogP contribution in [0.5, 0.6) is 0 Å². The number of aryl methyl sites for hydroxylation is 1. The molecule has 1 amide bonds. The molecule has 2 aliphatic carbocycles. The molecule has 23 heavy (non-hydrogen) atoms. The van der Waals surface area contributed by atoms with E-state index in [2.05, 4.69) is 5.32 Å². The van der Waals surface area contributed by atoms with Crippen LogP contribution in [0, 0.1) is 29.9 Å². The first-order valence-electron chi connectivity index (χ1n) is 8.67. The van der Waals surface area contributed by atoms with Gasteiger partial charge in [-0.25, -0.2) is 8.78 Å². The number of halogens is 2. The minimum atomic E-state index is -0.585. The van der Waals surface area contributed by atoms with Crippen molar-refractivity contribution >= 4 is 5.91 Å². The van der Waals surface area contributed by atoms with Crippen LogP contribution in [-0.4, -0.2) is 5.91 Å².